The van der Waals surface area contributed by atoms with E-state index in [2.05, 4.69) is 9.97 Å². The Morgan fingerprint density at radius 1 is 1.24 bits per heavy atom. The van der Waals surface area contributed by atoms with Gasteiger partial charge in [0.2, 0.25) is 0 Å². The van der Waals surface area contributed by atoms with Gasteiger partial charge in [-0.1, -0.05) is 12.1 Å². The lowest BCUT2D eigenvalue weighted by Crippen LogP contribution is -2.28. The van der Waals surface area contributed by atoms with E-state index in [1.807, 2.05) is 24.3 Å². The van der Waals surface area contributed by atoms with E-state index in [9.17, 15) is 10.1 Å². The number of nitrogens with zero attached hydrogens (tertiary/aromatic N) is 3. The topological polar surface area (TPSA) is 75.9 Å². The van der Waals surface area contributed by atoms with E-state index in [4.69, 9.17) is 4.74 Å². The first kappa shape index (κ1) is 14.9. The van der Waals surface area contributed by atoms with Crippen LogP contribution < -0.4 is 0 Å². The van der Waals surface area contributed by atoms with Crippen molar-refractivity contribution in [3.05, 3.63) is 35.7 Å². The third-order valence-corrected chi connectivity index (χ3v) is 2.83. The Balaban J connectivity index is 2.45. The molecule has 1 aromatic carbocycles. The monoisotopic (exact) mass is 283 g/mol. The van der Waals surface area contributed by atoms with Crippen molar-refractivity contribution >= 4 is 17.0 Å². The molecule has 108 valence electrons. The maximum absolute atomic E-state index is 12.2. The van der Waals surface area contributed by atoms with Gasteiger partial charge < -0.3 is 4.74 Å². The van der Waals surface area contributed by atoms with Gasteiger partial charge in [0, 0.05) is 0 Å². The van der Waals surface area contributed by atoms with Gasteiger partial charge in [0.05, 0.1) is 28.5 Å². The zero-order valence-corrected chi connectivity index (χ0v) is 12.5. The molecule has 0 saturated carbocycles. The van der Waals surface area contributed by atoms with Crippen molar-refractivity contribution in [1.82, 2.24) is 9.97 Å². The first-order valence-electron chi connectivity index (χ1n) is 6.67. The molecule has 2 aromatic rings. The van der Waals surface area contributed by atoms with Crippen LogP contribution in [0.2, 0.25) is 0 Å². The zero-order valence-electron chi connectivity index (χ0n) is 12.5. The van der Waals surface area contributed by atoms with Gasteiger partial charge in [0.15, 0.2) is 5.92 Å². The highest BCUT2D eigenvalue weighted by molar-refractivity contribution is 5.83. The number of hydrogen-bond acceptors (Lipinski definition) is 5. The Labute approximate surface area is 123 Å². The van der Waals surface area contributed by atoms with Crippen molar-refractivity contribution in [1.29, 1.82) is 5.26 Å². The number of ether oxygens (including phenoxy) is 1. The van der Waals surface area contributed by atoms with Crippen LogP contribution in [0.25, 0.3) is 11.0 Å². The van der Waals surface area contributed by atoms with Crippen LogP contribution in [0, 0.1) is 18.3 Å². The summed E-state index contributed by atoms with van der Waals surface area (Å²) in [6.45, 7) is 7.03. The van der Waals surface area contributed by atoms with Crippen LogP contribution in [0.4, 0.5) is 0 Å². The summed E-state index contributed by atoms with van der Waals surface area (Å²) in [6.07, 6.45) is 0. The lowest BCUT2D eigenvalue weighted by molar-refractivity contribution is -0.155. The summed E-state index contributed by atoms with van der Waals surface area (Å²) in [5, 5.41) is 9.32. The van der Waals surface area contributed by atoms with E-state index in [1.165, 1.54) is 0 Å². The van der Waals surface area contributed by atoms with Gasteiger partial charge >= 0.3 is 5.97 Å². The van der Waals surface area contributed by atoms with Gasteiger partial charge in [-0.15, -0.1) is 0 Å². The summed E-state index contributed by atoms with van der Waals surface area (Å²) in [7, 11) is 0. The smallest absolute Gasteiger partial charge is 0.330 e. The number of hydrogen-bond donors (Lipinski definition) is 0. The number of carbonyl (C=O) groups is 1. The largest absolute Gasteiger partial charge is 0.459 e. The SMILES string of the molecule is Cc1nc2ccccc2nc1C(C#N)C(=O)OC(C)(C)C. The second-order valence-corrected chi connectivity index (χ2v) is 5.78. The summed E-state index contributed by atoms with van der Waals surface area (Å²) < 4.78 is 5.28. The molecule has 0 aliphatic heterocycles. The minimum atomic E-state index is -1.07. The van der Waals surface area contributed by atoms with Gasteiger partial charge in [-0.3, -0.25) is 4.79 Å². The Kier molecular flexibility index (Phi) is 3.90. The molecule has 0 saturated heterocycles. The van der Waals surface area contributed by atoms with Crippen LogP contribution in [0.1, 0.15) is 38.1 Å². The molecule has 1 aromatic heterocycles. The molecule has 1 unspecified atom stereocenters. The average molecular weight is 283 g/mol. The molecule has 1 atom stereocenters. The first-order chi connectivity index (χ1) is 9.81. The van der Waals surface area contributed by atoms with Crippen molar-refractivity contribution in [2.45, 2.75) is 39.2 Å². The highest BCUT2D eigenvalue weighted by Gasteiger charge is 2.29. The number of fused-ring (bicyclic) bond motifs is 1. The Morgan fingerprint density at radius 2 is 1.81 bits per heavy atom. The van der Waals surface area contributed by atoms with Crippen molar-refractivity contribution in [2.75, 3.05) is 0 Å². The van der Waals surface area contributed by atoms with Crippen LogP contribution in [0.3, 0.4) is 0 Å². The van der Waals surface area contributed by atoms with Crippen molar-refractivity contribution < 1.29 is 9.53 Å². The third kappa shape index (κ3) is 3.34. The van der Waals surface area contributed by atoms with Crippen LogP contribution in [0.5, 0.6) is 0 Å². The molecular formula is C16H17N3O2. The number of rotatable bonds is 2. The van der Waals surface area contributed by atoms with Gasteiger partial charge in [0.25, 0.3) is 0 Å². The Bertz CT molecular complexity index is 726. The molecule has 21 heavy (non-hydrogen) atoms. The van der Waals surface area contributed by atoms with E-state index in [0.29, 0.717) is 16.9 Å². The molecule has 2 rings (SSSR count). The first-order valence-corrected chi connectivity index (χ1v) is 6.67. The van der Waals surface area contributed by atoms with Crippen LogP contribution in [-0.4, -0.2) is 21.5 Å². The highest BCUT2D eigenvalue weighted by atomic mass is 16.6. The molecule has 5 nitrogen and oxygen atoms in total. The van der Waals surface area contributed by atoms with E-state index in [1.54, 1.807) is 33.8 Å². The summed E-state index contributed by atoms with van der Waals surface area (Å²) >= 11 is 0. The number of para-hydroxylation sites is 2. The highest BCUT2D eigenvalue weighted by Crippen LogP contribution is 2.23. The van der Waals surface area contributed by atoms with E-state index in [0.717, 1.165) is 5.52 Å². The quantitative estimate of drug-likeness (QED) is 0.792. The minimum absolute atomic E-state index is 0.352. The zero-order chi connectivity index (χ0) is 15.6. The maximum atomic E-state index is 12.2. The van der Waals surface area contributed by atoms with Crippen LogP contribution in [-0.2, 0) is 9.53 Å². The van der Waals surface area contributed by atoms with Crippen molar-refractivity contribution in [3.63, 3.8) is 0 Å². The van der Waals surface area contributed by atoms with E-state index in [-0.39, 0.29) is 0 Å². The molecule has 0 bridgehead atoms. The fourth-order valence-corrected chi connectivity index (χ4v) is 1.96. The van der Waals surface area contributed by atoms with E-state index < -0.39 is 17.5 Å². The molecule has 0 fully saturated rings. The second-order valence-electron chi connectivity index (χ2n) is 5.78. The summed E-state index contributed by atoms with van der Waals surface area (Å²) in [5.74, 6) is -1.67. The summed E-state index contributed by atoms with van der Waals surface area (Å²) in [5.41, 5.74) is 1.66. The standard InChI is InChI=1S/C16H17N3O2/c1-10-14(11(9-17)15(20)21-16(2,3)4)19-13-8-6-5-7-12(13)18-10/h5-8,11H,1-4H3. The number of carbonyl (C=O) groups excluding carboxylic acids is 1. The molecule has 0 aliphatic rings. The van der Waals surface area contributed by atoms with Gasteiger partial charge in [-0.25, -0.2) is 9.97 Å². The fraction of sp³-hybridized carbons (Fsp3) is 0.375. The predicted octanol–water partition coefficient (Wildman–Crippen LogP) is 2.89. The number of aromatic nitrogens is 2. The lowest BCUT2D eigenvalue weighted by atomic mass is 10.0. The molecule has 0 spiro atoms. The molecule has 5 heteroatoms. The number of aryl methyl sites for hydroxylation is 1. The minimum Gasteiger partial charge on any atom is -0.459 e. The van der Waals surface area contributed by atoms with Crippen molar-refractivity contribution in [3.8, 4) is 6.07 Å². The van der Waals surface area contributed by atoms with E-state index >= 15 is 0 Å². The molecule has 0 amide bonds. The number of benzene rings is 1. The summed E-state index contributed by atoms with van der Waals surface area (Å²) in [6, 6.07) is 9.32. The van der Waals surface area contributed by atoms with Gasteiger partial charge in [-0.2, -0.15) is 5.26 Å². The molecule has 0 N–H and O–H groups in total. The third-order valence-electron chi connectivity index (χ3n) is 2.83. The normalized spacial score (nSPS) is 12.7. The molecular weight excluding hydrogens is 266 g/mol. The Hall–Kier alpha value is -2.48. The molecule has 0 radical (unpaired) electrons. The average Bonchev–Trinajstić information content (AvgIpc) is 2.38. The maximum Gasteiger partial charge on any atom is 0.330 e. The van der Waals surface area contributed by atoms with Crippen molar-refractivity contribution in [2.24, 2.45) is 0 Å². The number of esters is 1. The van der Waals surface area contributed by atoms with Gasteiger partial charge in [-0.05, 0) is 39.8 Å². The molecule has 1 heterocycles. The predicted molar refractivity (Wildman–Crippen MR) is 78.5 cm³/mol. The fourth-order valence-electron chi connectivity index (χ4n) is 1.96. The van der Waals surface area contributed by atoms with Gasteiger partial charge in [0.1, 0.15) is 5.60 Å². The number of nitriles is 1. The second kappa shape index (κ2) is 5.49. The Morgan fingerprint density at radius 3 is 2.33 bits per heavy atom. The molecule has 0 aliphatic carbocycles. The van der Waals surface area contributed by atoms with Crippen LogP contribution in [0.15, 0.2) is 24.3 Å². The van der Waals surface area contributed by atoms with Crippen LogP contribution >= 0.6 is 0 Å². The summed E-state index contributed by atoms with van der Waals surface area (Å²) in [4.78, 5) is 21.0. The lowest BCUT2D eigenvalue weighted by Gasteiger charge is -2.21.